The first-order chi connectivity index (χ1) is 30.0. The molecule has 8 rings (SSSR count). The Hall–Kier alpha value is -6.51. The van der Waals surface area contributed by atoms with E-state index in [-0.39, 0.29) is 31.2 Å². The van der Waals surface area contributed by atoms with Crippen LogP contribution in [0.15, 0.2) is 127 Å². The summed E-state index contributed by atoms with van der Waals surface area (Å²) in [6, 6.07) is 26.5. The molecule has 19 heteroatoms. The first kappa shape index (κ1) is 42.2. The van der Waals surface area contributed by atoms with Crippen molar-refractivity contribution < 1.29 is 42.4 Å². The topological polar surface area (TPSA) is 224 Å². The zero-order chi connectivity index (χ0) is 43.5. The van der Waals surface area contributed by atoms with Gasteiger partial charge < -0.3 is 38.1 Å². The SMILES string of the molecule is COc1ccc(C(OC[C@H]2O[C@@H](n3ccc(=O)[nH]c3=O)[C@H](F)[C@@H]2Cc2nc(C[C@H]3O[C@@H](n4ccc(=O)[nH]c4=O)[C@H](OC)[C@@H]3O)no2)(c2ccccc2)c2ccc(OC)cc2)cc1. The fourth-order valence-corrected chi connectivity index (χ4v) is 8.14. The number of H-pyrrole nitrogens is 2. The molecule has 2 saturated heterocycles. The lowest BCUT2D eigenvalue weighted by atomic mass is 9.80. The summed E-state index contributed by atoms with van der Waals surface area (Å²) in [5.41, 5.74) is -2.01. The van der Waals surface area contributed by atoms with Gasteiger partial charge in [0, 0.05) is 50.4 Å². The van der Waals surface area contributed by atoms with Crippen LogP contribution in [0.3, 0.4) is 0 Å². The van der Waals surface area contributed by atoms with E-state index in [1.165, 1.54) is 19.5 Å². The van der Waals surface area contributed by atoms with Crippen LogP contribution in [0.4, 0.5) is 4.39 Å². The molecule has 0 aliphatic carbocycles. The quantitative estimate of drug-likeness (QED) is 0.126. The Morgan fingerprint density at radius 1 is 0.726 bits per heavy atom. The van der Waals surface area contributed by atoms with Crippen LogP contribution in [-0.4, -0.2) is 92.9 Å². The fourth-order valence-electron chi connectivity index (χ4n) is 8.14. The van der Waals surface area contributed by atoms with Crippen molar-refractivity contribution in [2.24, 2.45) is 5.92 Å². The predicted octanol–water partition coefficient (Wildman–Crippen LogP) is 2.41. The normalized spacial score (nSPS) is 23.7. The van der Waals surface area contributed by atoms with Crippen molar-refractivity contribution in [3.8, 4) is 11.5 Å². The first-order valence-electron chi connectivity index (χ1n) is 19.6. The number of alkyl halides is 1. The minimum atomic E-state index is -1.85. The van der Waals surface area contributed by atoms with E-state index in [0.29, 0.717) is 11.5 Å². The molecule has 0 amide bonds. The lowest BCUT2D eigenvalue weighted by Gasteiger charge is -2.37. The second kappa shape index (κ2) is 17.8. The van der Waals surface area contributed by atoms with Crippen LogP contribution in [0, 0.1) is 5.92 Å². The van der Waals surface area contributed by atoms with Crippen LogP contribution in [0.1, 0.15) is 40.9 Å². The highest BCUT2D eigenvalue weighted by atomic mass is 19.1. The fraction of sp³-hybridized carbons (Fsp3) is 0.349. The minimum absolute atomic E-state index is 0.0135. The van der Waals surface area contributed by atoms with Crippen LogP contribution in [0.25, 0.3) is 0 Å². The lowest BCUT2D eigenvalue weighted by molar-refractivity contribution is -0.0877. The van der Waals surface area contributed by atoms with Gasteiger partial charge in [-0.15, -0.1) is 0 Å². The molecule has 2 fully saturated rings. The average Bonchev–Trinajstić information content (AvgIpc) is 3.96. The first-order valence-corrected chi connectivity index (χ1v) is 19.6. The maximum absolute atomic E-state index is 17.0. The van der Waals surface area contributed by atoms with Crippen molar-refractivity contribution in [2.75, 3.05) is 27.9 Å². The van der Waals surface area contributed by atoms with Gasteiger partial charge in [-0.2, -0.15) is 4.98 Å². The molecule has 3 aromatic carbocycles. The second-order valence-electron chi connectivity index (χ2n) is 14.8. The van der Waals surface area contributed by atoms with Gasteiger partial charge in [0.25, 0.3) is 11.1 Å². The molecule has 3 aromatic heterocycles. The largest absolute Gasteiger partial charge is 0.497 e. The van der Waals surface area contributed by atoms with Crippen LogP contribution in [-0.2, 0) is 37.4 Å². The zero-order valence-electron chi connectivity index (χ0n) is 33.7. The number of aliphatic hydroxyl groups excluding tert-OH is 1. The Kier molecular flexibility index (Phi) is 12.1. The highest BCUT2D eigenvalue weighted by Crippen LogP contribution is 2.44. The molecule has 6 aromatic rings. The van der Waals surface area contributed by atoms with E-state index in [1.807, 2.05) is 78.9 Å². The van der Waals surface area contributed by atoms with E-state index in [0.717, 1.165) is 38.0 Å². The van der Waals surface area contributed by atoms with Crippen molar-refractivity contribution in [3.63, 3.8) is 0 Å². The summed E-state index contributed by atoms with van der Waals surface area (Å²) in [5.74, 6) is 0.310. The molecule has 3 N–H and O–H groups in total. The second-order valence-corrected chi connectivity index (χ2v) is 14.8. The standard InChI is InChI=1S/C43H43FN6O12/c1-56-27-13-9-25(10-14-27)43(24-7-5-4-6-8-24,26-11-15-28(57-2)16-12-26)59-23-31-29(36(44)39(61-31)49-19-17-33(51)46-41(49)54)21-35-45-32(48-62-35)22-30-37(53)38(58-3)40(60-30)50-20-18-34(52)47-42(50)55/h4-20,29-31,36-40,53H,21-23H2,1-3H3,(H,46,51,54)(H,47,52,55)/t29-,30-,31-,36-,37-,38-,39-,40-/m1/s1. The third kappa shape index (κ3) is 8.15. The number of nitrogens with one attached hydrogen (secondary N) is 2. The molecule has 0 unspecified atom stereocenters. The summed E-state index contributed by atoms with van der Waals surface area (Å²) in [6.45, 7) is -0.223. The van der Waals surface area contributed by atoms with E-state index in [4.69, 9.17) is 32.9 Å². The van der Waals surface area contributed by atoms with Crippen LogP contribution < -0.4 is 32.0 Å². The van der Waals surface area contributed by atoms with Crippen molar-refractivity contribution in [1.82, 2.24) is 29.2 Å². The number of methoxy groups -OCH3 is 3. The summed E-state index contributed by atoms with van der Waals surface area (Å²) in [7, 11) is 4.48. The molecule has 0 spiro atoms. The molecule has 18 nitrogen and oxygen atoms in total. The molecule has 2 aliphatic rings. The molecule has 0 radical (unpaired) electrons. The van der Waals surface area contributed by atoms with Gasteiger partial charge in [-0.25, -0.2) is 14.0 Å². The van der Waals surface area contributed by atoms with Gasteiger partial charge in [0.05, 0.1) is 33.0 Å². The monoisotopic (exact) mass is 854 g/mol. The van der Waals surface area contributed by atoms with E-state index < -0.39 is 77.1 Å². The molecule has 324 valence electrons. The van der Waals surface area contributed by atoms with Gasteiger partial charge in [0.2, 0.25) is 5.89 Å². The zero-order valence-corrected chi connectivity index (χ0v) is 33.7. The van der Waals surface area contributed by atoms with Crippen LogP contribution in [0.2, 0.25) is 0 Å². The number of hydrogen-bond acceptors (Lipinski definition) is 14. The van der Waals surface area contributed by atoms with E-state index >= 15 is 4.39 Å². The summed E-state index contributed by atoms with van der Waals surface area (Å²) in [5, 5.41) is 15.2. The molecule has 62 heavy (non-hydrogen) atoms. The smallest absolute Gasteiger partial charge is 0.330 e. The highest BCUT2D eigenvalue weighted by molar-refractivity contribution is 5.49. The number of aliphatic hydroxyl groups is 1. The Morgan fingerprint density at radius 3 is 1.82 bits per heavy atom. The number of ether oxygens (including phenoxy) is 6. The van der Waals surface area contributed by atoms with Gasteiger partial charge in [-0.05, 0) is 41.0 Å². The number of rotatable bonds is 15. The molecule has 0 saturated carbocycles. The maximum Gasteiger partial charge on any atom is 0.330 e. The Morgan fingerprint density at radius 2 is 1.27 bits per heavy atom. The highest BCUT2D eigenvalue weighted by Gasteiger charge is 2.50. The molecule has 8 atom stereocenters. The number of benzene rings is 3. The average molecular weight is 855 g/mol. The van der Waals surface area contributed by atoms with Gasteiger partial charge in [-0.3, -0.25) is 28.7 Å². The van der Waals surface area contributed by atoms with E-state index in [1.54, 1.807) is 14.2 Å². The van der Waals surface area contributed by atoms with Gasteiger partial charge in [0.15, 0.2) is 24.5 Å². The van der Waals surface area contributed by atoms with Crippen molar-refractivity contribution in [3.05, 3.63) is 173 Å². The van der Waals surface area contributed by atoms with Crippen molar-refractivity contribution in [1.29, 1.82) is 0 Å². The summed E-state index contributed by atoms with van der Waals surface area (Å²) < 4.78 is 60.5. The third-order valence-electron chi connectivity index (χ3n) is 11.3. The third-order valence-corrected chi connectivity index (χ3v) is 11.3. The van der Waals surface area contributed by atoms with Gasteiger partial charge in [-0.1, -0.05) is 59.8 Å². The number of hydrogen-bond donors (Lipinski definition) is 3. The minimum Gasteiger partial charge on any atom is -0.497 e. The number of nitrogens with zero attached hydrogens (tertiary/aromatic N) is 4. The molecular weight excluding hydrogens is 812 g/mol. The summed E-state index contributed by atoms with van der Waals surface area (Å²) >= 11 is 0. The molecular formula is C43H43FN6O12. The summed E-state index contributed by atoms with van der Waals surface area (Å²) in [4.78, 5) is 58.0. The molecule has 0 bridgehead atoms. The van der Waals surface area contributed by atoms with Crippen LogP contribution in [0.5, 0.6) is 11.5 Å². The van der Waals surface area contributed by atoms with Crippen LogP contribution >= 0.6 is 0 Å². The van der Waals surface area contributed by atoms with E-state index in [2.05, 4.69) is 20.1 Å². The number of halogens is 1. The number of aromatic nitrogens is 6. The predicted molar refractivity (Wildman–Crippen MR) is 216 cm³/mol. The Labute approximate surface area is 351 Å². The maximum atomic E-state index is 17.0. The Balaban J connectivity index is 1.11. The summed E-state index contributed by atoms with van der Waals surface area (Å²) in [6.07, 6.45) is -6.54. The Bertz CT molecular complexity index is 2650. The van der Waals surface area contributed by atoms with Gasteiger partial charge >= 0.3 is 11.4 Å². The molecule has 2 aliphatic heterocycles. The van der Waals surface area contributed by atoms with Gasteiger partial charge in [0.1, 0.15) is 29.3 Å². The number of aromatic amines is 2. The lowest BCUT2D eigenvalue weighted by Crippen LogP contribution is -2.38. The molecule has 5 heterocycles. The van der Waals surface area contributed by atoms with Crippen molar-refractivity contribution in [2.45, 2.75) is 61.5 Å². The van der Waals surface area contributed by atoms with E-state index in [9.17, 15) is 24.3 Å². The van der Waals surface area contributed by atoms with Crippen molar-refractivity contribution >= 4 is 0 Å².